The van der Waals surface area contributed by atoms with E-state index in [1.165, 1.54) is 4.90 Å². The lowest BCUT2D eigenvalue weighted by Crippen LogP contribution is -2.27. The lowest BCUT2D eigenvalue weighted by Gasteiger charge is -2.13. The molecule has 4 nitrogen and oxygen atoms in total. The molecule has 2 heterocycles. The van der Waals surface area contributed by atoms with Crippen molar-refractivity contribution in [1.82, 2.24) is 4.90 Å². The van der Waals surface area contributed by atoms with Crippen LogP contribution >= 0.6 is 23.4 Å². The zero-order valence-electron chi connectivity index (χ0n) is 16.2. The van der Waals surface area contributed by atoms with Crippen LogP contribution in [0.3, 0.4) is 0 Å². The van der Waals surface area contributed by atoms with E-state index < -0.39 is 0 Å². The van der Waals surface area contributed by atoms with Crippen LogP contribution in [0.4, 0.5) is 4.79 Å². The van der Waals surface area contributed by atoms with Crippen molar-refractivity contribution in [1.29, 1.82) is 0 Å². The van der Waals surface area contributed by atoms with Gasteiger partial charge in [-0.15, -0.1) is 0 Å². The molecule has 3 aromatic carbocycles. The Bertz CT molecular complexity index is 1340. The molecule has 0 N–H and O–H groups in total. The topological polar surface area (TPSA) is 50.5 Å². The van der Waals surface area contributed by atoms with E-state index in [9.17, 15) is 9.59 Å². The quantitative estimate of drug-likeness (QED) is 0.317. The first-order valence-electron chi connectivity index (χ1n) is 9.66. The summed E-state index contributed by atoms with van der Waals surface area (Å²) in [7, 11) is 0. The highest BCUT2D eigenvalue weighted by atomic mass is 35.5. The van der Waals surface area contributed by atoms with Crippen molar-refractivity contribution < 1.29 is 14.0 Å². The summed E-state index contributed by atoms with van der Waals surface area (Å²) in [6.07, 6.45) is 1.62. The molecule has 1 aromatic heterocycles. The van der Waals surface area contributed by atoms with Crippen molar-refractivity contribution in [3.05, 3.63) is 100 Å². The molecule has 1 fully saturated rings. The summed E-state index contributed by atoms with van der Waals surface area (Å²) >= 11 is 6.86. The molecule has 1 saturated heterocycles. The highest BCUT2D eigenvalue weighted by Gasteiger charge is 2.35. The zero-order valence-corrected chi connectivity index (χ0v) is 17.8. The van der Waals surface area contributed by atoms with Crippen molar-refractivity contribution >= 4 is 51.4 Å². The second-order valence-electron chi connectivity index (χ2n) is 7.16. The van der Waals surface area contributed by atoms with E-state index in [-0.39, 0.29) is 17.7 Å². The third-order valence-corrected chi connectivity index (χ3v) is 6.22. The average Bonchev–Trinajstić information content (AvgIpc) is 3.34. The maximum Gasteiger partial charge on any atom is 0.293 e. The van der Waals surface area contributed by atoms with Crippen molar-refractivity contribution in [2.45, 2.75) is 6.54 Å². The Morgan fingerprint density at radius 2 is 1.68 bits per heavy atom. The van der Waals surface area contributed by atoms with Crippen LogP contribution in [0.1, 0.15) is 11.3 Å². The Labute approximate surface area is 188 Å². The third-order valence-electron chi connectivity index (χ3n) is 5.06. The van der Waals surface area contributed by atoms with Gasteiger partial charge in [0.1, 0.15) is 11.5 Å². The van der Waals surface area contributed by atoms with Gasteiger partial charge in [0, 0.05) is 16.7 Å². The molecule has 31 heavy (non-hydrogen) atoms. The van der Waals surface area contributed by atoms with Gasteiger partial charge >= 0.3 is 0 Å². The first kappa shape index (κ1) is 19.7. The maximum atomic E-state index is 12.9. The zero-order chi connectivity index (χ0) is 21.4. The van der Waals surface area contributed by atoms with Gasteiger partial charge in [0.25, 0.3) is 11.1 Å². The predicted molar refractivity (Wildman–Crippen MR) is 125 cm³/mol. The minimum atomic E-state index is -0.312. The normalized spacial score (nSPS) is 15.4. The van der Waals surface area contributed by atoms with Gasteiger partial charge in [-0.1, -0.05) is 48.0 Å². The summed E-state index contributed by atoms with van der Waals surface area (Å²) in [6.45, 7) is 0.237. The van der Waals surface area contributed by atoms with Crippen LogP contribution in [0.2, 0.25) is 5.02 Å². The average molecular weight is 446 g/mol. The smallest absolute Gasteiger partial charge is 0.293 e. The Balaban J connectivity index is 1.36. The summed E-state index contributed by atoms with van der Waals surface area (Å²) in [5.41, 5.74) is 1.79. The molecule has 0 atom stereocenters. The number of imide groups is 1. The molecular formula is C25H16ClNO3S. The number of carbonyl (C=O) groups excluding carboxylic acids is 2. The molecule has 2 amide bonds. The molecule has 1 aliphatic heterocycles. The molecule has 0 aliphatic carbocycles. The summed E-state index contributed by atoms with van der Waals surface area (Å²) in [5.74, 6) is 0.868. The number of fused-ring (bicyclic) bond motifs is 1. The number of rotatable bonds is 4. The Morgan fingerprint density at radius 1 is 0.903 bits per heavy atom. The maximum absolute atomic E-state index is 12.9. The summed E-state index contributed by atoms with van der Waals surface area (Å²) in [6, 6.07) is 24.9. The highest BCUT2D eigenvalue weighted by molar-refractivity contribution is 8.18. The number of amides is 2. The van der Waals surface area contributed by atoms with Gasteiger partial charge in [-0.3, -0.25) is 14.5 Å². The van der Waals surface area contributed by atoms with Gasteiger partial charge < -0.3 is 4.42 Å². The fourth-order valence-electron chi connectivity index (χ4n) is 3.48. The van der Waals surface area contributed by atoms with Gasteiger partial charge in [0.05, 0.1) is 11.4 Å². The molecule has 6 heteroatoms. The Morgan fingerprint density at radius 3 is 2.48 bits per heavy atom. The standard InChI is InChI=1S/C25H16ClNO3S/c26-20-9-7-18(8-10-20)22-12-11-21(30-22)14-23-24(28)27(25(29)31-23)15-16-5-6-17-3-1-2-4-19(17)13-16/h1-14H,15H2/b23-14-. The van der Waals surface area contributed by atoms with E-state index in [1.807, 2.05) is 60.7 Å². The Kier molecular flexibility index (Phi) is 5.14. The highest BCUT2D eigenvalue weighted by Crippen LogP contribution is 2.34. The van der Waals surface area contributed by atoms with Crippen molar-refractivity contribution in [2.75, 3.05) is 0 Å². The minimum Gasteiger partial charge on any atom is -0.457 e. The number of hydrogen-bond acceptors (Lipinski definition) is 4. The van der Waals surface area contributed by atoms with Crippen molar-refractivity contribution in [3.63, 3.8) is 0 Å². The monoisotopic (exact) mass is 445 g/mol. The summed E-state index contributed by atoms with van der Waals surface area (Å²) in [5, 5.41) is 2.56. The predicted octanol–water partition coefficient (Wildman–Crippen LogP) is 6.99. The number of thioether (sulfide) groups is 1. The molecule has 152 valence electrons. The number of benzene rings is 3. The SMILES string of the molecule is O=C1S/C(=C\c2ccc(-c3ccc(Cl)cc3)o2)C(=O)N1Cc1ccc2ccccc2c1. The molecule has 1 aliphatic rings. The molecule has 0 unspecified atom stereocenters. The van der Waals surface area contributed by atoms with Crippen molar-refractivity contribution in [2.24, 2.45) is 0 Å². The molecule has 0 saturated carbocycles. The fourth-order valence-corrected chi connectivity index (χ4v) is 4.43. The largest absolute Gasteiger partial charge is 0.457 e. The van der Waals surface area contributed by atoms with Crippen LogP contribution in [0.5, 0.6) is 0 Å². The van der Waals surface area contributed by atoms with Crippen LogP contribution in [-0.4, -0.2) is 16.0 Å². The van der Waals surface area contributed by atoms with Crippen LogP contribution in [0.15, 0.2) is 88.2 Å². The third kappa shape index (κ3) is 4.02. The van der Waals surface area contributed by atoms with Crippen LogP contribution < -0.4 is 0 Å². The Hall–Kier alpha value is -3.28. The number of hydrogen-bond donors (Lipinski definition) is 0. The van der Waals surface area contributed by atoms with E-state index in [2.05, 4.69) is 0 Å². The van der Waals surface area contributed by atoms with Crippen LogP contribution in [-0.2, 0) is 11.3 Å². The molecule has 0 spiro atoms. The van der Waals surface area contributed by atoms with Crippen LogP contribution in [0, 0.1) is 0 Å². The van der Waals surface area contributed by atoms with Gasteiger partial charge in [-0.25, -0.2) is 0 Å². The van der Waals surface area contributed by atoms with Crippen LogP contribution in [0.25, 0.3) is 28.2 Å². The van der Waals surface area contributed by atoms with E-state index in [0.29, 0.717) is 21.4 Å². The molecule has 4 aromatic rings. The van der Waals surface area contributed by atoms with E-state index in [0.717, 1.165) is 33.7 Å². The molecule has 0 radical (unpaired) electrons. The van der Waals surface area contributed by atoms with Gasteiger partial charge in [-0.2, -0.15) is 0 Å². The van der Waals surface area contributed by atoms with Crippen molar-refractivity contribution in [3.8, 4) is 11.3 Å². The first-order valence-corrected chi connectivity index (χ1v) is 10.8. The lowest BCUT2D eigenvalue weighted by molar-refractivity contribution is -0.123. The molecule has 0 bridgehead atoms. The fraction of sp³-hybridized carbons (Fsp3) is 0.0400. The lowest BCUT2D eigenvalue weighted by atomic mass is 10.1. The van der Waals surface area contributed by atoms with E-state index in [1.54, 1.807) is 24.3 Å². The summed E-state index contributed by atoms with van der Waals surface area (Å²) in [4.78, 5) is 27.0. The second kappa shape index (κ2) is 8.10. The molecular weight excluding hydrogens is 430 g/mol. The number of carbonyl (C=O) groups is 2. The van der Waals surface area contributed by atoms with Gasteiger partial charge in [0.15, 0.2) is 0 Å². The number of furan rings is 1. The number of nitrogens with zero attached hydrogens (tertiary/aromatic N) is 1. The van der Waals surface area contributed by atoms with E-state index in [4.69, 9.17) is 16.0 Å². The summed E-state index contributed by atoms with van der Waals surface area (Å²) < 4.78 is 5.84. The second-order valence-corrected chi connectivity index (χ2v) is 8.59. The van der Waals surface area contributed by atoms with E-state index >= 15 is 0 Å². The number of halogens is 1. The molecule has 5 rings (SSSR count). The first-order chi connectivity index (χ1) is 15.1. The van der Waals surface area contributed by atoms with Gasteiger partial charge in [0.2, 0.25) is 0 Å². The van der Waals surface area contributed by atoms with Gasteiger partial charge in [-0.05, 0) is 70.6 Å². The minimum absolute atomic E-state index is 0.237.